The van der Waals surface area contributed by atoms with E-state index in [1.807, 2.05) is 20.2 Å². The van der Waals surface area contributed by atoms with Gasteiger partial charge in [-0.15, -0.1) is 0 Å². The lowest BCUT2D eigenvalue weighted by molar-refractivity contribution is 0.0772. The van der Waals surface area contributed by atoms with E-state index in [1.165, 1.54) is 30.5 Å². The summed E-state index contributed by atoms with van der Waals surface area (Å²) < 4.78 is 1.69. The van der Waals surface area contributed by atoms with Crippen LogP contribution in [0.2, 0.25) is 0 Å². The number of nitrogens with zero attached hydrogens (tertiary/aromatic N) is 4. The predicted octanol–water partition coefficient (Wildman–Crippen LogP) is 2.64. The lowest BCUT2D eigenvalue weighted by Crippen LogP contribution is -2.28. The van der Waals surface area contributed by atoms with Crippen molar-refractivity contribution in [1.82, 2.24) is 24.9 Å². The number of carbonyl (C=O) groups excluding carboxylic acids is 1. The molecule has 0 aliphatic heterocycles. The summed E-state index contributed by atoms with van der Waals surface area (Å²) in [6, 6.07) is 1.91. The molecule has 6 heteroatoms. The molecule has 1 aliphatic carbocycles. The SMILES string of the molecule is CCCc1cc(C(=O)N(C)Cc2n[nH]c3c2CCCCC3)n(C)n1. The number of carbonyl (C=O) groups is 1. The van der Waals surface area contributed by atoms with Gasteiger partial charge in [-0.3, -0.25) is 14.6 Å². The van der Waals surface area contributed by atoms with Gasteiger partial charge in [-0.1, -0.05) is 19.8 Å². The van der Waals surface area contributed by atoms with Crippen LogP contribution in [0.15, 0.2) is 6.07 Å². The number of hydrogen-bond acceptors (Lipinski definition) is 3. The third-order valence-corrected chi connectivity index (χ3v) is 4.78. The number of aromatic amines is 1. The monoisotopic (exact) mass is 329 g/mol. The van der Waals surface area contributed by atoms with Crippen molar-refractivity contribution in [3.63, 3.8) is 0 Å². The average Bonchev–Trinajstić information content (AvgIpc) is 3.01. The zero-order chi connectivity index (χ0) is 17.1. The molecule has 24 heavy (non-hydrogen) atoms. The van der Waals surface area contributed by atoms with Gasteiger partial charge in [0.15, 0.2) is 0 Å². The molecule has 0 fully saturated rings. The second kappa shape index (κ2) is 7.20. The zero-order valence-corrected chi connectivity index (χ0v) is 14.9. The predicted molar refractivity (Wildman–Crippen MR) is 92.8 cm³/mol. The minimum atomic E-state index is -0.00211. The summed E-state index contributed by atoms with van der Waals surface area (Å²) >= 11 is 0. The number of nitrogens with one attached hydrogen (secondary N) is 1. The molecule has 0 spiro atoms. The Morgan fingerprint density at radius 1 is 1.33 bits per heavy atom. The number of fused-ring (bicyclic) bond motifs is 1. The van der Waals surface area contributed by atoms with Gasteiger partial charge in [-0.25, -0.2) is 0 Å². The maximum absolute atomic E-state index is 12.8. The Morgan fingerprint density at radius 2 is 2.12 bits per heavy atom. The van der Waals surface area contributed by atoms with E-state index < -0.39 is 0 Å². The maximum atomic E-state index is 12.8. The molecule has 0 atom stereocenters. The van der Waals surface area contributed by atoms with E-state index in [4.69, 9.17) is 0 Å². The van der Waals surface area contributed by atoms with Crippen LogP contribution in [0.3, 0.4) is 0 Å². The van der Waals surface area contributed by atoms with Crippen LogP contribution in [0.5, 0.6) is 0 Å². The van der Waals surface area contributed by atoms with Crippen LogP contribution < -0.4 is 0 Å². The normalized spacial score (nSPS) is 14.3. The molecule has 0 aromatic carbocycles. The van der Waals surface area contributed by atoms with Crippen LogP contribution in [0, 0.1) is 0 Å². The Labute approximate surface area is 143 Å². The van der Waals surface area contributed by atoms with E-state index in [9.17, 15) is 4.79 Å². The molecule has 1 amide bonds. The largest absolute Gasteiger partial charge is 0.334 e. The van der Waals surface area contributed by atoms with Gasteiger partial charge in [0.25, 0.3) is 5.91 Å². The molecule has 6 nitrogen and oxygen atoms in total. The first kappa shape index (κ1) is 16.7. The molecule has 0 radical (unpaired) electrons. The van der Waals surface area contributed by atoms with Crippen molar-refractivity contribution in [2.45, 2.75) is 58.4 Å². The fraction of sp³-hybridized carbons (Fsp3) is 0.611. The second-order valence-corrected chi connectivity index (χ2v) is 6.74. The highest BCUT2D eigenvalue weighted by atomic mass is 16.2. The number of rotatable bonds is 5. The second-order valence-electron chi connectivity index (χ2n) is 6.74. The summed E-state index contributed by atoms with van der Waals surface area (Å²) in [6.45, 7) is 2.66. The topological polar surface area (TPSA) is 66.8 Å². The maximum Gasteiger partial charge on any atom is 0.272 e. The molecule has 0 bridgehead atoms. The first-order valence-corrected chi connectivity index (χ1v) is 8.93. The number of aromatic nitrogens is 4. The van der Waals surface area contributed by atoms with E-state index >= 15 is 0 Å². The first-order valence-electron chi connectivity index (χ1n) is 8.93. The quantitative estimate of drug-likeness (QED) is 0.858. The number of H-pyrrole nitrogens is 1. The van der Waals surface area contributed by atoms with Crippen molar-refractivity contribution in [3.05, 3.63) is 34.4 Å². The number of hydrogen-bond donors (Lipinski definition) is 1. The van der Waals surface area contributed by atoms with Crippen LogP contribution in [-0.4, -0.2) is 37.8 Å². The van der Waals surface area contributed by atoms with E-state index in [1.54, 1.807) is 9.58 Å². The third kappa shape index (κ3) is 3.37. The summed E-state index contributed by atoms with van der Waals surface area (Å²) in [6.07, 6.45) is 7.76. The molecule has 3 rings (SSSR count). The molecule has 0 unspecified atom stereocenters. The molecule has 0 saturated heterocycles. The van der Waals surface area contributed by atoms with Crippen LogP contribution in [0.1, 0.15) is 65.7 Å². The third-order valence-electron chi connectivity index (χ3n) is 4.78. The van der Waals surface area contributed by atoms with Crippen LogP contribution in [0.25, 0.3) is 0 Å². The minimum Gasteiger partial charge on any atom is -0.334 e. The standard InChI is InChI=1S/C18H27N5O/c1-4-8-13-11-17(23(3)21-13)18(24)22(2)12-16-14-9-6-5-7-10-15(14)19-20-16/h11H,4-10,12H2,1-3H3,(H,19,20). The number of aryl methyl sites for hydroxylation is 3. The van der Waals surface area contributed by atoms with Gasteiger partial charge in [0.1, 0.15) is 5.69 Å². The number of amides is 1. The van der Waals surface area contributed by atoms with Gasteiger partial charge >= 0.3 is 0 Å². The Balaban J connectivity index is 1.74. The first-order chi connectivity index (χ1) is 11.6. The van der Waals surface area contributed by atoms with Crippen molar-refractivity contribution in [2.75, 3.05) is 7.05 Å². The summed E-state index contributed by atoms with van der Waals surface area (Å²) in [5.74, 6) is -0.00211. The van der Waals surface area contributed by atoms with Gasteiger partial charge in [-0.2, -0.15) is 10.2 Å². The lowest BCUT2D eigenvalue weighted by atomic mass is 10.1. The minimum absolute atomic E-state index is 0.00211. The highest BCUT2D eigenvalue weighted by Gasteiger charge is 2.21. The van der Waals surface area contributed by atoms with Crippen molar-refractivity contribution in [1.29, 1.82) is 0 Å². The van der Waals surface area contributed by atoms with Gasteiger partial charge in [0.2, 0.25) is 0 Å². The van der Waals surface area contributed by atoms with Gasteiger partial charge < -0.3 is 4.90 Å². The highest BCUT2D eigenvalue weighted by Crippen LogP contribution is 2.22. The van der Waals surface area contributed by atoms with Crippen molar-refractivity contribution < 1.29 is 4.79 Å². The summed E-state index contributed by atoms with van der Waals surface area (Å²) in [7, 11) is 3.67. The van der Waals surface area contributed by atoms with E-state index in [2.05, 4.69) is 22.2 Å². The Kier molecular flexibility index (Phi) is 5.02. The van der Waals surface area contributed by atoms with E-state index in [0.29, 0.717) is 12.2 Å². The Bertz CT molecular complexity index is 715. The molecular formula is C18H27N5O. The average molecular weight is 329 g/mol. The van der Waals surface area contributed by atoms with Gasteiger partial charge in [-0.05, 0) is 43.7 Å². The van der Waals surface area contributed by atoms with Crippen molar-refractivity contribution in [3.8, 4) is 0 Å². The molecule has 130 valence electrons. The summed E-state index contributed by atoms with van der Waals surface area (Å²) in [5, 5.41) is 12.1. The molecule has 2 aromatic heterocycles. The summed E-state index contributed by atoms with van der Waals surface area (Å²) in [5.41, 5.74) is 5.21. The van der Waals surface area contributed by atoms with E-state index in [0.717, 1.165) is 37.1 Å². The van der Waals surface area contributed by atoms with Crippen molar-refractivity contribution >= 4 is 5.91 Å². The fourth-order valence-electron chi connectivity index (χ4n) is 3.45. The van der Waals surface area contributed by atoms with Gasteiger partial charge in [0, 0.05) is 19.8 Å². The Morgan fingerprint density at radius 3 is 2.92 bits per heavy atom. The molecule has 0 saturated carbocycles. The van der Waals surface area contributed by atoms with E-state index in [-0.39, 0.29) is 5.91 Å². The molecular weight excluding hydrogens is 302 g/mol. The molecule has 2 aromatic rings. The zero-order valence-electron chi connectivity index (χ0n) is 14.9. The van der Waals surface area contributed by atoms with Crippen LogP contribution >= 0.6 is 0 Å². The van der Waals surface area contributed by atoms with Gasteiger partial charge in [0.05, 0.1) is 17.9 Å². The van der Waals surface area contributed by atoms with Crippen LogP contribution in [0.4, 0.5) is 0 Å². The lowest BCUT2D eigenvalue weighted by Gasteiger charge is -2.16. The van der Waals surface area contributed by atoms with Crippen LogP contribution in [-0.2, 0) is 32.9 Å². The molecule has 2 heterocycles. The van der Waals surface area contributed by atoms with Crippen molar-refractivity contribution in [2.24, 2.45) is 7.05 Å². The highest BCUT2D eigenvalue weighted by molar-refractivity contribution is 5.92. The Hall–Kier alpha value is -2.11. The summed E-state index contributed by atoms with van der Waals surface area (Å²) in [4.78, 5) is 14.5. The molecule has 1 aliphatic rings. The molecule has 1 N–H and O–H groups in total. The smallest absolute Gasteiger partial charge is 0.272 e. The fourth-order valence-corrected chi connectivity index (χ4v) is 3.45.